The smallest absolute Gasteiger partial charge is 0.237 e. The summed E-state index contributed by atoms with van der Waals surface area (Å²) in [6, 6.07) is 9.23. The van der Waals surface area contributed by atoms with E-state index in [-0.39, 0.29) is 17.4 Å². The molecule has 0 aliphatic carbocycles. The Morgan fingerprint density at radius 3 is 2.59 bits per heavy atom. The van der Waals surface area contributed by atoms with Gasteiger partial charge in [-0.3, -0.25) is 9.69 Å². The van der Waals surface area contributed by atoms with Crippen LogP contribution in [0.1, 0.15) is 12.1 Å². The highest BCUT2D eigenvalue weighted by atomic mass is 32.2. The summed E-state index contributed by atoms with van der Waals surface area (Å²) in [5, 5.41) is 2.46. The number of aryl methyl sites for hydroxylation is 1. The average Bonchev–Trinajstić information content (AvgIpc) is 3.06. The third kappa shape index (κ3) is 3.05. The van der Waals surface area contributed by atoms with Gasteiger partial charge in [0.05, 0.1) is 28.8 Å². The summed E-state index contributed by atoms with van der Waals surface area (Å²) >= 11 is 1.38. The zero-order valence-electron chi connectivity index (χ0n) is 12.1. The Balaban J connectivity index is 1.97. The molecule has 3 rings (SSSR count). The van der Waals surface area contributed by atoms with Crippen molar-refractivity contribution in [3.63, 3.8) is 0 Å². The molecule has 2 aromatic rings. The number of aromatic nitrogens is 1. The number of thiazole rings is 1. The van der Waals surface area contributed by atoms with Crippen LogP contribution in [0.3, 0.4) is 0 Å². The van der Waals surface area contributed by atoms with E-state index in [0.717, 1.165) is 5.69 Å². The summed E-state index contributed by atoms with van der Waals surface area (Å²) in [7, 11) is -3.10. The van der Waals surface area contributed by atoms with Crippen LogP contribution in [-0.4, -0.2) is 30.8 Å². The lowest BCUT2D eigenvalue weighted by Gasteiger charge is -2.22. The quantitative estimate of drug-likeness (QED) is 0.864. The van der Waals surface area contributed by atoms with Gasteiger partial charge in [-0.15, -0.1) is 11.3 Å². The lowest BCUT2D eigenvalue weighted by atomic mass is 10.1. The van der Waals surface area contributed by atoms with Gasteiger partial charge in [0.15, 0.2) is 15.0 Å². The van der Waals surface area contributed by atoms with Crippen LogP contribution in [0.2, 0.25) is 0 Å². The van der Waals surface area contributed by atoms with E-state index in [1.807, 2.05) is 42.6 Å². The number of carbonyl (C=O) groups is 1. The molecule has 0 bridgehead atoms. The predicted molar refractivity (Wildman–Crippen MR) is 87.2 cm³/mol. The van der Waals surface area contributed by atoms with Crippen LogP contribution in [0.4, 0.5) is 10.8 Å². The summed E-state index contributed by atoms with van der Waals surface area (Å²) in [5.74, 6) is -0.668. The monoisotopic (exact) mass is 336 g/mol. The Morgan fingerprint density at radius 2 is 2.05 bits per heavy atom. The van der Waals surface area contributed by atoms with Crippen molar-refractivity contribution < 1.29 is 13.2 Å². The first-order chi connectivity index (χ1) is 10.5. The van der Waals surface area contributed by atoms with Crippen LogP contribution >= 0.6 is 11.3 Å². The van der Waals surface area contributed by atoms with Crippen LogP contribution in [0.5, 0.6) is 0 Å². The van der Waals surface area contributed by atoms with Gasteiger partial charge in [0.25, 0.3) is 0 Å². The number of carbonyl (C=O) groups excluding carboxylic acids is 1. The van der Waals surface area contributed by atoms with E-state index in [1.165, 1.54) is 11.3 Å². The number of nitrogens with zero attached hydrogens (tertiary/aromatic N) is 2. The minimum atomic E-state index is -3.10. The number of hydrogen-bond donors (Lipinski definition) is 0. The van der Waals surface area contributed by atoms with E-state index < -0.39 is 15.8 Å². The van der Waals surface area contributed by atoms with E-state index >= 15 is 0 Å². The highest BCUT2D eigenvalue weighted by molar-refractivity contribution is 7.91. The zero-order chi connectivity index (χ0) is 15.7. The Bertz CT molecular complexity index is 784. The Morgan fingerprint density at radius 1 is 1.32 bits per heavy atom. The lowest BCUT2D eigenvalue weighted by Crippen LogP contribution is -2.33. The lowest BCUT2D eigenvalue weighted by molar-refractivity contribution is -0.120. The first-order valence-corrected chi connectivity index (χ1v) is 9.68. The van der Waals surface area contributed by atoms with E-state index in [1.54, 1.807) is 4.90 Å². The molecule has 1 aromatic carbocycles. The van der Waals surface area contributed by atoms with Crippen molar-refractivity contribution in [3.8, 4) is 0 Å². The maximum Gasteiger partial charge on any atom is 0.237 e. The molecule has 1 aromatic heterocycles. The zero-order valence-corrected chi connectivity index (χ0v) is 13.7. The fourth-order valence-electron chi connectivity index (χ4n) is 2.53. The van der Waals surface area contributed by atoms with Crippen LogP contribution in [0.25, 0.3) is 0 Å². The third-order valence-corrected chi connectivity index (χ3v) is 6.33. The van der Waals surface area contributed by atoms with Gasteiger partial charge in [-0.1, -0.05) is 18.2 Å². The predicted octanol–water partition coefficient (Wildman–Crippen LogP) is 2.55. The minimum absolute atomic E-state index is 0.0699. The molecule has 1 unspecified atom stereocenters. The van der Waals surface area contributed by atoms with Crippen LogP contribution in [0, 0.1) is 12.8 Å². The molecule has 1 aliphatic rings. The Labute approximate surface area is 133 Å². The molecule has 22 heavy (non-hydrogen) atoms. The van der Waals surface area contributed by atoms with Gasteiger partial charge in [0.2, 0.25) is 5.91 Å². The fourth-order valence-corrected chi connectivity index (χ4v) is 5.08. The summed E-state index contributed by atoms with van der Waals surface area (Å²) in [6.07, 6.45) is 0.384. The van der Waals surface area contributed by atoms with Crippen molar-refractivity contribution in [1.29, 1.82) is 0 Å². The van der Waals surface area contributed by atoms with E-state index in [9.17, 15) is 13.2 Å². The molecular weight excluding hydrogens is 320 g/mol. The summed E-state index contributed by atoms with van der Waals surface area (Å²) in [6.45, 7) is 1.87. The maximum absolute atomic E-state index is 12.9. The third-order valence-electron chi connectivity index (χ3n) is 3.61. The van der Waals surface area contributed by atoms with E-state index in [0.29, 0.717) is 17.2 Å². The molecule has 1 atom stereocenters. The number of rotatable bonds is 3. The SMILES string of the molecule is Cc1csc(N(C(=O)C2CCS(=O)(=O)C2)c2ccccc2)n1. The summed E-state index contributed by atoms with van der Waals surface area (Å²) < 4.78 is 23.3. The molecule has 1 fully saturated rings. The maximum atomic E-state index is 12.9. The highest BCUT2D eigenvalue weighted by Gasteiger charge is 2.37. The number of anilines is 2. The Kier molecular flexibility index (Phi) is 4.01. The van der Waals surface area contributed by atoms with Crippen molar-refractivity contribution in [1.82, 2.24) is 4.98 Å². The molecule has 1 saturated heterocycles. The van der Waals surface area contributed by atoms with Crippen molar-refractivity contribution in [2.75, 3.05) is 16.4 Å². The van der Waals surface area contributed by atoms with Crippen LogP contribution in [-0.2, 0) is 14.6 Å². The number of hydrogen-bond acceptors (Lipinski definition) is 5. The number of benzene rings is 1. The molecule has 7 heteroatoms. The first kappa shape index (κ1) is 15.2. The van der Waals surface area contributed by atoms with Gasteiger partial charge in [0, 0.05) is 5.38 Å². The van der Waals surface area contributed by atoms with Gasteiger partial charge in [-0.2, -0.15) is 0 Å². The molecule has 1 amide bonds. The normalized spacial score (nSPS) is 20.0. The van der Waals surface area contributed by atoms with Gasteiger partial charge >= 0.3 is 0 Å². The van der Waals surface area contributed by atoms with Crippen molar-refractivity contribution >= 4 is 37.9 Å². The minimum Gasteiger partial charge on any atom is -0.274 e. The molecule has 0 saturated carbocycles. The molecule has 0 N–H and O–H groups in total. The Hall–Kier alpha value is -1.73. The van der Waals surface area contributed by atoms with Crippen molar-refractivity contribution in [3.05, 3.63) is 41.4 Å². The topological polar surface area (TPSA) is 67.3 Å². The highest BCUT2D eigenvalue weighted by Crippen LogP contribution is 2.32. The van der Waals surface area contributed by atoms with Gasteiger partial charge in [0.1, 0.15) is 0 Å². The standard InChI is InChI=1S/C15H16N2O3S2/c1-11-9-21-15(16-11)17(13-5-3-2-4-6-13)14(18)12-7-8-22(19,20)10-12/h2-6,9,12H,7-8,10H2,1H3. The van der Waals surface area contributed by atoms with Gasteiger partial charge in [-0.25, -0.2) is 13.4 Å². The summed E-state index contributed by atoms with van der Waals surface area (Å²) in [5.41, 5.74) is 1.55. The van der Waals surface area contributed by atoms with Gasteiger partial charge < -0.3 is 0 Å². The van der Waals surface area contributed by atoms with Gasteiger partial charge in [-0.05, 0) is 25.5 Å². The molecule has 1 aliphatic heterocycles. The van der Waals surface area contributed by atoms with Crippen molar-refractivity contribution in [2.24, 2.45) is 5.92 Å². The second kappa shape index (κ2) is 5.81. The second-order valence-corrected chi connectivity index (χ2v) is 8.45. The second-order valence-electron chi connectivity index (χ2n) is 5.38. The van der Waals surface area contributed by atoms with Crippen LogP contribution in [0.15, 0.2) is 35.7 Å². The van der Waals surface area contributed by atoms with E-state index in [2.05, 4.69) is 4.98 Å². The molecule has 2 heterocycles. The van der Waals surface area contributed by atoms with E-state index in [4.69, 9.17) is 0 Å². The molecule has 0 radical (unpaired) electrons. The molecule has 0 spiro atoms. The fraction of sp³-hybridized carbons (Fsp3) is 0.333. The molecule has 116 valence electrons. The largest absolute Gasteiger partial charge is 0.274 e. The molecular formula is C15H16N2O3S2. The summed E-state index contributed by atoms with van der Waals surface area (Å²) in [4.78, 5) is 18.8. The first-order valence-electron chi connectivity index (χ1n) is 6.98. The van der Waals surface area contributed by atoms with Crippen molar-refractivity contribution in [2.45, 2.75) is 13.3 Å². The number of amides is 1. The molecule has 5 nitrogen and oxygen atoms in total. The average molecular weight is 336 g/mol. The van der Waals surface area contributed by atoms with Crippen LogP contribution < -0.4 is 4.90 Å². The number of sulfone groups is 1. The number of para-hydroxylation sites is 1.